The molecule has 34 heavy (non-hydrogen) atoms. The number of thioether (sulfide) groups is 1. The Morgan fingerprint density at radius 2 is 1.91 bits per heavy atom. The zero-order valence-corrected chi connectivity index (χ0v) is 20.3. The molecule has 0 bridgehead atoms. The van der Waals surface area contributed by atoms with Crippen molar-refractivity contribution in [1.82, 2.24) is 14.9 Å². The van der Waals surface area contributed by atoms with E-state index >= 15 is 0 Å². The van der Waals surface area contributed by atoms with Gasteiger partial charge in [-0.25, -0.2) is 9.78 Å². The van der Waals surface area contributed by atoms with Crippen LogP contribution in [0.5, 0.6) is 0 Å². The topological polar surface area (TPSA) is 90.3 Å². The number of carbonyl (C=O) groups excluding carboxylic acids is 2. The Morgan fingerprint density at radius 1 is 1.18 bits per heavy atom. The highest BCUT2D eigenvalue weighted by Crippen LogP contribution is 2.25. The summed E-state index contributed by atoms with van der Waals surface area (Å²) >= 11 is 1.27. The number of nitrogens with one attached hydrogen (secondary N) is 1. The average Bonchev–Trinajstić information content (AvgIpc) is 3.36. The van der Waals surface area contributed by atoms with Crippen LogP contribution >= 0.6 is 11.8 Å². The lowest BCUT2D eigenvalue weighted by molar-refractivity contribution is -0.120. The van der Waals surface area contributed by atoms with E-state index in [0.717, 1.165) is 31.2 Å². The largest absolute Gasteiger partial charge is 0.465 e. The molecular formula is C26H29N3O4S. The number of hydrogen-bond acceptors (Lipinski definition) is 6. The quantitative estimate of drug-likeness (QED) is 0.299. The highest BCUT2D eigenvalue weighted by molar-refractivity contribution is 8.00. The highest BCUT2D eigenvalue weighted by atomic mass is 32.2. The van der Waals surface area contributed by atoms with Crippen molar-refractivity contribution in [2.45, 2.75) is 62.0 Å². The molecule has 1 N–H and O–H groups in total. The van der Waals surface area contributed by atoms with E-state index in [4.69, 9.17) is 9.72 Å². The van der Waals surface area contributed by atoms with Crippen molar-refractivity contribution in [2.24, 2.45) is 0 Å². The third-order valence-corrected chi connectivity index (χ3v) is 7.25. The Kier molecular flexibility index (Phi) is 7.67. The zero-order valence-electron chi connectivity index (χ0n) is 19.5. The van der Waals surface area contributed by atoms with Crippen LogP contribution in [0.4, 0.5) is 0 Å². The van der Waals surface area contributed by atoms with Crippen LogP contribution < -0.4 is 10.9 Å². The Morgan fingerprint density at radius 3 is 2.62 bits per heavy atom. The molecule has 0 saturated heterocycles. The van der Waals surface area contributed by atoms with Gasteiger partial charge >= 0.3 is 5.97 Å². The van der Waals surface area contributed by atoms with Crippen LogP contribution in [0.1, 0.15) is 48.5 Å². The van der Waals surface area contributed by atoms with Crippen molar-refractivity contribution in [3.8, 4) is 0 Å². The van der Waals surface area contributed by atoms with Crippen molar-refractivity contribution in [1.29, 1.82) is 0 Å². The van der Waals surface area contributed by atoms with Crippen LogP contribution in [0.2, 0.25) is 0 Å². The summed E-state index contributed by atoms with van der Waals surface area (Å²) in [7, 11) is 1.31. The first-order chi connectivity index (χ1) is 16.5. The molecule has 1 aliphatic carbocycles. The molecule has 0 radical (unpaired) electrons. The average molecular weight is 480 g/mol. The van der Waals surface area contributed by atoms with Crippen LogP contribution in [-0.4, -0.2) is 39.8 Å². The van der Waals surface area contributed by atoms with E-state index in [2.05, 4.69) is 5.32 Å². The minimum atomic E-state index is -0.490. The fourth-order valence-corrected chi connectivity index (χ4v) is 5.16. The summed E-state index contributed by atoms with van der Waals surface area (Å²) in [4.78, 5) is 43.0. The summed E-state index contributed by atoms with van der Waals surface area (Å²) in [6, 6.07) is 14.9. The molecular weight excluding hydrogens is 450 g/mol. The summed E-state index contributed by atoms with van der Waals surface area (Å²) in [6.45, 7) is 2.27. The van der Waals surface area contributed by atoms with Crippen molar-refractivity contribution in [3.63, 3.8) is 0 Å². The molecule has 1 atom stereocenters. The third kappa shape index (κ3) is 5.50. The van der Waals surface area contributed by atoms with E-state index in [1.807, 2.05) is 37.3 Å². The number of carbonyl (C=O) groups is 2. The number of aromatic nitrogens is 2. The predicted octanol–water partition coefficient (Wildman–Crippen LogP) is 3.97. The lowest BCUT2D eigenvalue weighted by atomic mass is 10.1. The van der Waals surface area contributed by atoms with Gasteiger partial charge in [-0.05, 0) is 49.9 Å². The molecule has 1 aromatic heterocycles. The maximum Gasteiger partial charge on any atom is 0.337 e. The molecule has 0 aliphatic heterocycles. The van der Waals surface area contributed by atoms with Gasteiger partial charge in [0, 0.05) is 12.6 Å². The van der Waals surface area contributed by atoms with Gasteiger partial charge in [0.1, 0.15) is 0 Å². The molecule has 1 fully saturated rings. The lowest BCUT2D eigenvalue weighted by Gasteiger charge is -2.18. The normalized spacial score (nSPS) is 14.8. The number of rotatable bonds is 8. The molecule has 1 unspecified atom stereocenters. The smallest absolute Gasteiger partial charge is 0.337 e. The Balaban J connectivity index is 1.67. The molecule has 4 rings (SSSR count). The van der Waals surface area contributed by atoms with E-state index in [1.54, 1.807) is 22.8 Å². The Labute approximate surface area is 202 Å². The molecule has 1 amide bonds. The SMILES string of the molecule is COC(=O)c1ccc2c(=O)n(CCc3ccccc3)c(SC(C)C(=O)NC3CCCC3)nc2c1. The number of benzene rings is 2. The summed E-state index contributed by atoms with van der Waals surface area (Å²) in [6.07, 6.45) is 4.95. The van der Waals surface area contributed by atoms with Crippen LogP contribution in [0.15, 0.2) is 58.5 Å². The van der Waals surface area contributed by atoms with Gasteiger partial charge in [-0.1, -0.05) is 54.9 Å². The molecule has 2 aromatic carbocycles. The fraction of sp³-hybridized carbons (Fsp3) is 0.385. The van der Waals surface area contributed by atoms with Crippen molar-refractivity contribution in [2.75, 3.05) is 7.11 Å². The predicted molar refractivity (Wildman–Crippen MR) is 133 cm³/mol. The van der Waals surface area contributed by atoms with Crippen LogP contribution in [-0.2, 0) is 22.5 Å². The molecule has 178 valence electrons. The van der Waals surface area contributed by atoms with Gasteiger partial charge < -0.3 is 10.1 Å². The van der Waals surface area contributed by atoms with Crippen molar-refractivity contribution >= 4 is 34.5 Å². The number of methoxy groups -OCH3 is 1. The van der Waals surface area contributed by atoms with Gasteiger partial charge in [-0.3, -0.25) is 14.2 Å². The number of amides is 1. The first-order valence-corrected chi connectivity index (χ1v) is 12.5. The van der Waals surface area contributed by atoms with Gasteiger partial charge in [0.2, 0.25) is 5.91 Å². The second kappa shape index (κ2) is 10.9. The second-order valence-electron chi connectivity index (χ2n) is 8.56. The molecule has 0 spiro atoms. The van der Waals surface area contributed by atoms with Crippen LogP contribution in [0.3, 0.4) is 0 Å². The van der Waals surface area contributed by atoms with Gasteiger partial charge in [0.15, 0.2) is 5.16 Å². The minimum absolute atomic E-state index is 0.0517. The molecule has 1 aliphatic rings. The van der Waals surface area contributed by atoms with Gasteiger partial charge in [-0.2, -0.15) is 0 Å². The highest BCUT2D eigenvalue weighted by Gasteiger charge is 2.23. The Bertz CT molecular complexity index is 1240. The minimum Gasteiger partial charge on any atom is -0.465 e. The fourth-order valence-electron chi connectivity index (χ4n) is 4.22. The van der Waals surface area contributed by atoms with Crippen LogP contribution in [0, 0.1) is 0 Å². The number of esters is 1. The number of aryl methyl sites for hydroxylation is 1. The van der Waals surface area contributed by atoms with Gasteiger partial charge in [0.05, 0.1) is 28.8 Å². The zero-order chi connectivity index (χ0) is 24.1. The van der Waals surface area contributed by atoms with Crippen LogP contribution in [0.25, 0.3) is 10.9 Å². The summed E-state index contributed by atoms with van der Waals surface area (Å²) in [5, 5.41) is 3.59. The molecule has 3 aromatic rings. The van der Waals surface area contributed by atoms with Crippen molar-refractivity contribution < 1.29 is 14.3 Å². The van der Waals surface area contributed by atoms with Gasteiger partial charge in [-0.15, -0.1) is 0 Å². The van der Waals surface area contributed by atoms with E-state index in [0.29, 0.717) is 34.6 Å². The number of nitrogens with zero attached hydrogens (tertiary/aromatic N) is 2. The van der Waals surface area contributed by atoms with Gasteiger partial charge in [0.25, 0.3) is 5.56 Å². The number of fused-ring (bicyclic) bond motifs is 1. The standard InChI is InChI=1S/C26H29N3O4S/c1-17(23(30)27-20-10-6-7-11-20)34-26-28-22-16-19(25(32)33-2)12-13-21(22)24(31)29(26)15-14-18-8-4-3-5-9-18/h3-5,8-9,12-13,16-17,20H,6-7,10-11,14-15H2,1-2H3,(H,27,30). The summed E-state index contributed by atoms with van der Waals surface area (Å²) in [5.41, 5.74) is 1.66. The monoisotopic (exact) mass is 479 g/mol. The van der Waals surface area contributed by atoms with E-state index in [9.17, 15) is 14.4 Å². The third-order valence-electron chi connectivity index (χ3n) is 6.16. The molecule has 1 heterocycles. The summed E-state index contributed by atoms with van der Waals surface area (Å²) in [5.74, 6) is -0.542. The Hall–Kier alpha value is -3.13. The molecule has 7 nitrogen and oxygen atoms in total. The number of hydrogen-bond donors (Lipinski definition) is 1. The molecule has 1 saturated carbocycles. The first-order valence-electron chi connectivity index (χ1n) is 11.6. The first kappa shape index (κ1) is 24.0. The van der Waals surface area contributed by atoms with E-state index < -0.39 is 11.2 Å². The molecule has 8 heteroatoms. The van der Waals surface area contributed by atoms with Crippen molar-refractivity contribution in [3.05, 3.63) is 70.0 Å². The lowest BCUT2D eigenvalue weighted by Crippen LogP contribution is -2.38. The summed E-state index contributed by atoms with van der Waals surface area (Å²) < 4.78 is 6.44. The second-order valence-corrected chi connectivity index (χ2v) is 9.87. The number of ether oxygens (including phenoxy) is 1. The maximum absolute atomic E-state index is 13.4. The van der Waals surface area contributed by atoms with E-state index in [-0.39, 0.29) is 17.5 Å². The van der Waals surface area contributed by atoms with E-state index in [1.165, 1.54) is 18.9 Å². The maximum atomic E-state index is 13.4.